The summed E-state index contributed by atoms with van der Waals surface area (Å²) in [6.07, 6.45) is 11.9. The highest BCUT2D eigenvalue weighted by Crippen LogP contribution is 2.33. The number of benzene rings is 5. The van der Waals surface area contributed by atoms with Crippen molar-refractivity contribution in [3.8, 4) is 0 Å². The Morgan fingerprint density at radius 3 is 0.932 bits per heavy atom. The van der Waals surface area contributed by atoms with Gasteiger partial charge in [-0.15, -0.1) is 0 Å². The summed E-state index contributed by atoms with van der Waals surface area (Å²) in [6, 6.07) is 47.5. The molecule has 0 aliphatic heterocycles. The summed E-state index contributed by atoms with van der Waals surface area (Å²) in [5.74, 6) is 3.82. The number of rotatable bonds is 15. The van der Waals surface area contributed by atoms with Crippen LogP contribution >= 0.6 is 0 Å². The first-order chi connectivity index (χ1) is 28.2. The van der Waals surface area contributed by atoms with Crippen LogP contribution in [0.3, 0.4) is 0 Å². The van der Waals surface area contributed by atoms with E-state index < -0.39 is 0 Å². The SMILES string of the molecule is CC(C)c1cccc(C(C)C)c1C(C)C.CC(C)c1ccccc1.CC(C)c1ccccc1C(C)C.CCCCCCc1ccccc1.CCCCCc1ccccc1. The Bertz CT molecular complexity index is 1640. The van der Waals surface area contributed by atoms with Crippen molar-refractivity contribution in [3.63, 3.8) is 0 Å². The van der Waals surface area contributed by atoms with E-state index in [4.69, 9.17) is 0 Å². The topological polar surface area (TPSA) is 0 Å². The van der Waals surface area contributed by atoms with E-state index in [9.17, 15) is 0 Å². The molecular weight excluding hydrogens is 709 g/mol. The molecule has 0 aromatic heterocycles. The average Bonchev–Trinajstić information content (AvgIpc) is 3.24. The summed E-state index contributed by atoms with van der Waals surface area (Å²) in [7, 11) is 0. The van der Waals surface area contributed by atoms with E-state index in [0.29, 0.717) is 35.5 Å². The van der Waals surface area contributed by atoms with Crippen LogP contribution in [0.4, 0.5) is 0 Å². The van der Waals surface area contributed by atoms with Crippen LogP contribution in [0.5, 0.6) is 0 Å². The summed E-state index contributed by atoms with van der Waals surface area (Å²) >= 11 is 0. The summed E-state index contributed by atoms with van der Waals surface area (Å²) in [5.41, 5.74) is 12.0. The average molecular weight is 797 g/mol. The Labute approximate surface area is 366 Å². The van der Waals surface area contributed by atoms with Gasteiger partial charge in [-0.3, -0.25) is 0 Å². The molecule has 0 aliphatic rings. The molecule has 0 nitrogen and oxygen atoms in total. The summed E-state index contributed by atoms with van der Waals surface area (Å²) in [5, 5.41) is 0. The minimum atomic E-state index is 0.626. The third-order valence-corrected chi connectivity index (χ3v) is 10.8. The molecular formula is C59H88. The van der Waals surface area contributed by atoms with Crippen molar-refractivity contribution >= 4 is 0 Å². The fourth-order valence-corrected chi connectivity index (χ4v) is 7.30. The van der Waals surface area contributed by atoms with Gasteiger partial charge in [-0.2, -0.15) is 0 Å². The maximum absolute atomic E-state index is 2.30. The molecule has 0 unspecified atom stereocenters. The van der Waals surface area contributed by atoms with Gasteiger partial charge in [0.25, 0.3) is 0 Å². The molecule has 0 aliphatic carbocycles. The van der Waals surface area contributed by atoms with Crippen LogP contribution in [0.15, 0.2) is 133 Å². The minimum absolute atomic E-state index is 0.626. The summed E-state index contributed by atoms with van der Waals surface area (Å²) in [6.45, 7) is 31.6. The van der Waals surface area contributed by atoms with Gasteiger partial charge in [-0.05, 0) is 106 Å². The van der Waals surface area contributed by atoms with Gasteiger partial charge >= 0.3 is 0 Å². The van der Waals surface area contributed by atoms with Crippen LogP contribution in [0.2, 0.25) is 0 Å². The molecule has 0 amide bonds. The van der Waals surface area contributed by atoms with Crippen molar-refractivity contribution in [2.75, 3.05) is 0 Å². The van der Waals surface area contributed by atoms with E-state index in [1.54, 1.807) is 5.56 Å². The van der Waals surface area contributed by atoms with Gasteiger partial charge in [0.2, 0.25) is 0 Å². The van der Waals surface area contributed by atoms with Crippen LogP contribution in [-0.2, 0) is 12.8 Å². The maximum atomic E-state index is 2.30. The second kappa shape index (κ2) is 31.9. The zero-order valence-electron chi connectivity index (χ0n) is 40.5. The standard InChI is InChI=1S/C15H24.2C12H18.C11H16.C9H12/c1-10(2)13-8-7-9-14(11(3)4)15(13)12(5)6;1-9(2)11-7-5-6-8-12(11)10(3)4;1-2-3-4-6-9-12-10-7-5-8-11-12;1-2-3-5-8-11-9-6-4-7-10-11;1-8(2)9-6-4-3-5-7-9/h7-12H,1-6H3;5-10H,1-4H3;5,7-8,10-11H,2-4,6,9H2,1H3;4,6-7,9-10H,2-3,5,8H2,1H3;3-8H,1-2H3. The van der Waals surface area contributed by atoms with E-state index in [1.807, 2.05) is 6.07 Å². The van der Waals surface area contributed by atoms with Crippen molar-refractivity contribution < 1.29 is 0 Å². The van der Waals surface area contributed by atoms with Crippen molar-refractivity contribution in [2.24, 2.45) is 0 Å². The van der Waals surface area contributed by atoms with Gasteiger partial charge in [0.1, 0.15) is 0 Å². The molecule has 0 radical (unpaired) electrons. The Kier molecular flexibility index (Phi) is 28.8. The lowest BCUT2D eigenvalue weighted by atomic mass is 9.83. The number of aryl methyl sites for hydroxylation is 2. The van der Waals surface area contributed by atoms with Gasteiger partial charge in [0, 0.05) is 0 Å². The zero-order valence-corrected chi connectivity index (χ0v) is 40.5. The van der Waals surface area contributed by atoms with Crippen LogP contribution in [0.25, 0.3) is 0 Å². The molecule has 0 atom stereocenters. The first-order valence-corrected chi connectivity index (χ1v) is 23.6. The Hall–Kier alpha value is -3.90. The van der Waals surface area contributed by atoms with Crippen molar-refractivity contribution in [3.05, 3.63) is 178 Å². The molecule has 5 aromatic rings. The van der Waals surface area contributed by atoms with E-state index in [0.717, 1.165) is 0 Å². The van der Waals surface area contributed by atoms with Crippen molar-refractivity contribution in [2.45, 2.75) is 190 Å². The summed E-state index contributed by atoms with van der Waals surface area (Å²) < 4.78 is 0. The van der Waals surface area contributed by atoms with Gasteiger partial charge in [-0.1, -0.05) is 262 Å². The highest BCUT2D eigenvalue weighted by Gasteiger charge is 2.15. The lowest BCUT2D eigenvalue weighted by Gasteiger charge is -2.22. The zero-order chi connectivity index (χ0) is 44.0. The Morgan fingerprint density at radius 2 is 0.610 bits per heavy atom. The van der Waals surface area contributed by atoms with Gasteiger partial charge in [-0.25, -0.2) is 0 Å². The van der Waals surface area contributed by atoms with Crippen molar-refractivity contribution in [1.82, 2.24) is 0 Å². The molecule has 0 saturated carbocycles. The second-order valence-electron chi connectivity index (χ2n) is 18.1. The molecule has 59 heavy (non-hydrogen) atoms. The number of unbranched alkanes of at least 4 members (excludes halogenated alkanes) is 5. The van der Waals surface area contributed by atoms with Crippen LogP contribution < -0.4 is 0 Å². The quantitative estimate of drug-likeness (QED) is 0.0926. The summed E-state index contributed by atoms with van der Waals surface area (Å²) in [4.78, 5) is 0. The van der Waals surface area contributed by atoms with Crippen LogP contribution in [0.1, 0.15) is 222 Å². The van der Waals surface area contributed by atoms with E-state index in [-0.39, 0.29) is 0 Å². The van der Waals surface area contributed by atoms with Crippen LogP contribution in [-0.4, -0.2) is 0 Å². The molecule has 0 heterocycles. The molecule has 0 saturated heterocycles. The molecule has 0 fully saturated rings. The monoisotopic (exact) mass is 797 g/mol. The largest absolute Gasteiger partial charge is 0.0654 e. The maximum Gasteiger partial charge on any atom is -0.0213 e. The third kappa shape index (κ3) is 22.9. The highest BCUT2D eigenvalue weighted by atomic mass is 14.2. The second-order valence-corrected chi connectivity index (χ2v) is 18.1. The van der Waals surface area contributed by atoms with Gasteiger partial charge < -0.3 is 0 Å². The lowest BCUT2D eigenvalue weighted by molar-refractivity contribution is 0.667. The Balaban J connectivity index is 0.000000372. The van der Waals surface area contributed by atoms with Gasteiger partial charge in [0.05, 0.1) is 0 Å². The highest BCUT2D eigenvalue weighted by molar-refractivity contribution is 5.41. The van der Waals surface area contributed by atoms with E-state index >= 15 is 0 Å². The fraction of sp³-hybridized carbons (Fsp3) is 0.492. The van der Waals surface area contributed by atoms with Crippen molar-refractivity contribution in [1.29, 1.82) is 0 Å². The lowest BCUT2D eigenvalue weighted by Crippen LogP contribution is -2.04. The molecule has 5 rings (SSSR count). The number of hydrogen-bond donors (Lipinski definition) is 0. The Morgan fingerprint density at radius 1 is 0.288 bits per heavy atom. The predicted octanol–water partition coefficient (Wildman–Crippen LogP) is 19.0. The van der Waals surface area contributed by atoms with E-state index in [1.165, 1.54) is 96.7 Å². The normalized spacial score (nSPS) is 10.7. The number of hydrogen-bond acceptors (Lipinski definition) is 0. The molecule has 0 heteroatoms. The molecule has 0 spiro atoms. The molecule has 324 valence electrons. The molecule has 0 bridgehead atoms. The predicted molar refractivity (Wildman–Crippen MR) is 268 cm³/mol. The molecule has 0 N–H and O–H groups in total. The minimum Gasteiger partial charge on any atom is -0.0654 e. The first-order valence-electron chi connectivity index (χ1n) is 23.6. The third-order valence-electron chi connectivity index (χ3n) is 10.8. The van der Waals surface area contributed by atoms with Crippen LogP contribution in [0, 0.1) is 0 Å². The van der Waals surface area contributed by atoms with Gasteiger partial charge in [0.15, 0.2) is 0 Å². The first kappa shape index (κ1) is 53.1. The molecule has 5 aromatic carbocycles. The fourth-order valence-electron chi connectivity index (χ4n) is 7.30. The smallest absolute Gasteiger partial charge is 0.0213 e. The van der Waals surface area contributed by atoms with E-state index in [2.05, 4.69) is 224 Å².